The average Bonchev–Trinajstić information content (AvgIpc) is 2.36. The van der Waals surface area contributed by atoms with Crippen LogP contribution in [0.3, 0.4) is 0 Å². The van der Waals surface area contributed by atoms with E-state index in [1.165, 1.54) is 0 Å². The van der Waals surface area contributed by atoms with Crippen molar-refractivity contribution < 1.29 is 9.47 Å². The summed E-state index contributed by atoms with van der Waals surface area (Å²) in [6.45, 7) is 0. The number of alkyl halides is 4. The highest BCUT2D eigenvalue weighted by atomic mass is 35.5. The molecule has 0 bridgehead atoms. The first-order valence-electron chi connectivity index (χ1n) is 3.66. The lowest BCUT2D eigenvalue weighted by Crippen LogP contribution is -2.22. The van der Waals surface area contributed by atoms with Gasteiger partial charge in [0.2, 0.25) is 0 Å². The molecule has 1 aliphatic rings. The molecule has 76 valence electrons. The van der Waals surface area contributed by atoms with Crippen LogP contribution in [0.2, 0.25) is 0 Å². The molecule has 0 unspecified atom stereocenters. The fourth-order valence-corrected chi connectivity index (χ4v) is 1.71. The molecule has 14 heavy (non-hydrogen) atoms. The molecular formula is C8H4Cl4O2. The van der Waals surface area contributed by atoms with Crippen LogP contribution in [0.5, 0.6) is 11.5 Å². The molecule has 0 atom stereocenters. The van der Waals surface area contributed by atoms with E-state index in [0.29, 0.717) is 17.1 Å². The summed E-state index contributed by atoms with van der Waals surface area (Å²) in [5.41, 5.74) is 0.696. The lowest BCUT2D eigenvalue weighted by atomic mass is 10.2. The van der Waals surface area contributed by atoms with E-state index < -0.39 is 9.54 Å². The van der Waals surface area contributed by atoms with Gasteiger partial charge in [-0.3, -0.25) is 0 Å². The molecular weight excluding hydrogens is 270 g/mol. The number of benzene rings is 1. The summed E-state index contributed by atoms with van der Waals surface area (Å²) < 4.78 is 8.47. The van der Waals surface area contributed by atoms with Crippen molar-refractivity contribution in [1.82, 2.24) is 0 Å². The second-order valence-corrected chi connectivity index (χ2v) is 4.96. The van der Waals surface area contributed by atoms with Crippen LogP contribution in [0, 0.1) is 0 Å². The summed E-state index contributed by atoms with van der Waals surface area (Å²) in [5, 5.41) is 0. The molecule has 0 spiro atoms. The molecule has 0 saturated heterocycles. The lowest BCUT2D eigenvalue weighted by Gasteiger charge is -2.09. The first-order chi connectivity index (χ1) is 6.48. The molecule has 2 nitrogen and oxygen atoms in total. The van der Waals surface area contributed by atoms with Gasteiger partial charge in [-0.05, 0) is 40.9 Å². The summed E-state index contributed by atoms with van der Waals surface area (Å²) in [6.07, 6.45) is 0. The van der Waals surface area contributed by atoms with Crippen LogP contribution < -0.4 is 9.47 Å². The summed E-state index contributed by atoms with van der Waals surface area (Å²) in [4.78, 5) is -0.621. The smallest absolute Gasteiger partial charge is 0.419 e. The SMILES string of the molecule is ClC(Cl)c1ccc2c(c1)OC(Cl)(Cl)O2. The fraction of sp³-hybridized carbons (Fsp3) is 0.250. The highest BCUT2D eigenvalue weighted by Crippen LogP contribution is 2.45. The summed E-state index contributed by atoms with van der Waals surface area (Å²) in [6, 6.07) is 4.99. The maximum atomic E-state index is 5.68. The van der Waals surface area contributed by atoms with E-state index in [4.69, 9.17) is 55.9 Å². The average molecular weight is 274 g/mol. The Morgan fingerprint density at radius 3 is 2.36 bits per heavy atom. The number of halogens is 4. The highest BCUT2D eigenvalue weighted by Gasteiger charge is 2.37. The van der Waals surface area contributed by atoms with Crippen LogP contribution >= 0.6 is 46.4 Å². The molecule has 2 rings (SSSR count). The van der Waals surface area contributed by atoms with E-state index in [1.54, 1.807) is 18.2 Å². The van der Waals surface area contributed by atoms with Crippen LogP contribution in [-0.2, 0) is 0 Å². The largest absolute Gasteiger partial charge is 0.423 e. The van der Waals surface area contributed by atoms with Crippen molar-refractivity contribution in [3.8, 4) is 11.5 Å². The molecule has 1 aliphatic heterocycles. The highest BCUT2D eigenvalue weighted by molar-refractivity contribution is 6.46. The minimum absolute atomic E-state index is 0.429. The normalized spacial score (nSPS) is 17.5. The zero-order chi connectivity index (χ0) is 10.3. The number of hydrogen-bond acceptors (Lipinski definition) is 2. The van der Waals surface area contributed by atoms with E-state index in [-0.39, 0.29) is 0 Å². The standard InChI is InChI=1S/C8H4Cl4O2/c9-7(10)4-1-2-5-6(3-4)14-8(11,12)13-5/h1-3,7H. The molecule has 1 aromatic rings. The van der Waals surface area contributed by atoms with Gasteiger partial charge in [-0.25, -0.2) is 0 Å². The Bertz CT molecular complexity index is 364. The molecule has 1 aromatic carbocycles. The van der Waals surface area contributed by atoms with Gasteiger partial charge in [0, 0.05) is 0 Å². The van der Waals surface area contributed by atoms with Gasteiger partial charge in [-0.1, -0.05) is 6.07 Å². The molecule has 0 aliphatic carbocycles. The molecule has 0 radical (unpaired) electrons. The predicted octanol–water partition coefficient (Wildman–Crippen LogP) is 4.02. The van der Waals surface area contributed by atoms with Crippen LogP contribution in [0.1, 0.15) is 10.4 Å². The maximum absolute atomic E-state index is 5.68. The van der Waals surface area contributed by atoms with Crippen LogP contribution in [0.15, 0.2) is 18.2 Å². The van der Waals surface area contributed by atoms with E-state index >= 15 is 0 Å². The third kappa shape index (κ3) is 1.98. The van der Waals surface area contributed by atoms with Crippen molar-refractivity contribution in [2.45, 2.75) is 9.54 Å². The number of hydrogen-bond donors (Lipinski definition) is 0. The predicted molar refractivity (Wildman–Crippen MR) is 56.6 cm³/mol. The molecule has 6 heteroatoms. The quantitative estimate of drug-likeness (QED) is 0.720. The van der Waals surface area contributed by atoms with E-state index in [2.05, 4.69) is 0 Å². The van der Waals surface area contributed by atoms with Gasteiger partial charge < -0.3 is 9.47 Å². The van der Waals surface area contributed by atoms with Crippen LogP contribution in [0.25, 0.3) is 0 Å². The topological polar surface area (TPSA) is 18.5 Å². The first kappa shape index (κ1) is 10.5. The molecule has 1 heterocycles. The molecule has 0 amide bonds. The first-order valence-corrected chi connectivity index (χ1v) is 5.29. The zero-order valence-corrected chi connectivity index (χ0v) is 9.66. The van der Waals surface area contributed by atoms with Gasteiger partial charge in [0.15, 0.2) is 11.5 Å². The zero-order valence-electron chi connectivity index (χ0n) is 6.64. The summed E-state index contributed by atoms with van der Waals surface area (Å²) in [7, 11) is 0. The van der Waals surface area contributed by atoms with E-state index in [1.807, 2.05) is 0 Å². The second kappa shape index (κ2) is 3.53. The monoisotopic (exact) mass is 272 g/mol. The van der Waals surface area contributed by atoms with Gasteiger partial charge in [0.05, 0.1) is 0 Å². The third-order valence-corrected chi connectivity index (χ3v) is 2.49. The van der Waals surface area contributed by atoms with Crippen molar-refractivity contribution in [3.63, 3.8) is 0 Å². The maximum Gasteiger partial charge on any atom is 0.419 e. The van der Waals surface area contributed by atoms with Crippen molar-refractivity contribution >= 4 is 46.4 Å². The molecule has 0 fully saturated rings. The van der Waals surface area contributed by atoms with Gasteiger partial charge in [0.25, 0.3) is 0 Å². The minimum atomic E-state index is -1.66. The van der Waals surface area contributed by atoms with Crippen molar-refractivity contribution in [2.24, 2.45) is 0 Å². The van der Waals surface area contributed by atoms with Crippen molar-refractivity contribution in [3.05, 3.63) is 23.8 Å². The summed E-state index contributed by atoms with van der Waals surface area (Å²) in [5.74, 6) is 0.895. The van der Waals surface area contributed by atoms with E-state index in [0.717, 1.165) is 0 Å². The fourth-order valence-electron chi connectivity index (χ4n) is 1.10. The minimum Gasteiger partial charge on any atom is -0.423 e. The molecule has 0 N–H and O–H groups in total. The Kier molecular flexibility index (Phi) is 2.64. The Morgan fingerprint density at radius 1 is 1.07 bits per heavy atom. The summed E-state index contributed by atoms with van der Waals surface area (Å²) >= 11 is 22.6. The number of fused-ring (bicyclic) bond motifs is 1. The number of ether oxygens (including phenoxy) is 2. The van der Waals surface area contributed by atoms with Gasteiger partial charge in [-0.2, -0.15) is 0 Å². The number of rotatable bonds is 1. The molecule has 0 saturated carbocycles. The second-order valence-electron chi connectivity index (χ2n) is 2.67. The van der Waals surface area contributed by atoms with Gasteiger partial charge in [0.1, 0.15) is 4.84 Å². The molecule has 0 aromatic heterocycles. The van der Waals surface area contributed by atoms with Gasteiger partial charge >= 0.3 is 4.71 Å². The lowest BCUT2D eigenvalue weighted by molar-refractivity contribution is 0.0849. The van der Waals surface area contributed by atoms with Crippen LogP contribution in [0.4, 0.5) is 0 Å². The van der Waals surface area contributed by atoms with Gasteiger partial charge in [-0.15, -0.1) is 23.2 Å². The van der Waals surface area contributed by atoms with Crippen molar-refractivity contribution in [1.29, 1.82) is 0 Å². The Morgan fingerprint density at radius 2 is 1.71 bits per heavy atom. The van der Waals surface area contributed by atoms with Crippen LogP contribution in [-0.4, -0.2) is 4.71 Å². The van der Waals surface area contributed by atoms with Crippen molar-refractivity contribution in [2.75, 3.05) is 0 Å². The Hall–Kier alpha value is -0.0200. The Labute approximate surface area is 101 Å². The van der Waals surface area contributed by atoms with E-state index in [9.17, 15) is 0 Å². The third-order valence-electron chi connectivity index (χ3n) is 1.68. The Balaban J connectivity index is 2.36.